The van der Waals surface area contributed by atoms with E-state index in [2.05, 4.69) is 10.6 Å². The lowest BCUT2D eigenvalue weighted by molar-refractivity contribution is 0.909. The van der Waals surface area contributed by atoms with Gasteiger partial charge >= 0.3 is 0 Å². The number of benzene rings is 1. The summed E-state index contributed by atoms with van der Waals surface area (Å²) in [5.41, 5.74) is 2.19. The summed E-state index contributed by atoms with van der Waals surface area (Å²) in [6.45, 7) is 0.752. The SMILES string of the molecule is S=C1NCc2cc(Cl)ccc2N1. The summed E-state index contributed by atoms with van der Waals surface area (Å²) < 4.78 is 0. The van der Waals surface area contributed by atoms with Crippen molar-refractivity contribution in [2.75, 3.05) is 5.32 Å². The van der Waals surface area contributed by atoms with E-state index in [-0.39, 0.29) is 0 Å². The molecule has 0 fully saturated rings. The van der Waals surface area contributed by atoms with Gasteiger partial charge in [0, 0.05) is 17.3 Å². The van der Waals surface area contributed by atoms with Crippen LogP contribution in [-0.4, -0.2) is 5.11 Å². The molecule has 2 N–H and O–H groups in total. The Morgan fingerprint density at radius 3 is 3.08 bits per heavy atom. The first kappa shape index (κ1) is 7.83. The lowest BCUT2D eigenvalue weighted by atomic mass is 10.1. The zero-order valence-corrected chi connectivity index (χ0v) is 7.80. The van der Waals surface area contributed by atoms with E-state index in [4.69, 9.17) is 23.8 Å². The maximum absolute atomic E-state index is 5.82. The van der Waals surface area contributed by atoms with E-state index in [0.717, 1.165) is 22.8 Å². The highest BCUT2D eigenvalue weighted by molar-refractivity contribution is 7.80. The van der Waals surface area contributed by atoms with Crippen LogP contribution in [0.3, 0.4) is 0 Å². The Labute approximate surface area is 80.9 Å². The van der Waals surface area contributed by atoms with Crippen LogP contribution in [0.15, 0.2) is 18.2 Å². The first-order chi connectivity index (χ1) is 5.75. The number of hydrogen-bond donors (Lipinski definition) is 2. The lowest BCUT2D eigenvalue weighted by Crippen LogP contribution is -2.32. The van der Waals surface area contributed by atoms with Crippen molar-refractivity contribution in [2.24, 2.45) is 0 Å². The number of nitrogens with one attached hydrogen (secondary N) is 2. The molecule has 0 bridgehead atoms. The van der Waals surface area contributed by atoms with Crippen LogP contribution < -0.4 is 10.6 Å². The first-order valence-electron chi connectivity index (χ1n) is 3.59. The third-order valence-corrected chi connectivity index (χ3v) is 2.24. The summed E-state index contributed by atoms with van der Waals surface area (Å²) in [5, 5.41) is 7.50. The quantitative estimate of drug-likeness (QED) is 0.625. The number of rotatable bonds is 0. The molecular formula is C8H7ClN2S. The van der Waals surface area contributed by atoms with Crippen LogP contribution in [0.1, 0.15) is 5.56 Å². The van der Waals surface area contributed by atoms with Gasteiger partial charge in [-0.2, -0.15) is 0 Å². The Morgan fingerprint density at radius 2 is 2.25 bits per heavy atom. The Kier molecular flexibility index (Phi) is 1.90. The molecule has 0 radical (unpaired) electrons. The van der Waals surface area contributed by atoms with Gasteiger partial charge in [0.25, 0.3) is 0 Å². The van der Waals surface area contributed by atoms with E-state index >= 15 is 0 Å². The van der Waals surface area contributed by atoms with Gasteiger partial charge in [0.1, 0.15) is 0 Å². The highest BCUT2D eigenvalue weighted by atomic mass is 35.5. The topological polar surface area (TPSA) is 24.1 Å². The summed E-state index contributed by atoms with van der Waals surface area (Å²) >= 11 is 10.8. The van der Waals surface area contributed by atoms with Crippen molar-refractivity contribution in [3.8, 4) is 0 Å². The fourth-order valence-corrected chi connectivity index (χ4v) is 1.55. The number of halogens is 1. The molecule has 2 nitrogen and oxygen atoms in total. The summed E-state index contributed by atoms with van der Waals surface area (Å²) in [6, 6.07) is 5.71. The zero-order valence-electron chi connectivity index (χ0n) is 6.23. The average molecular weight is 199 g/mol. The number of hydrogen-bond acceptors (Lipinski definition) is 1. The van der Waals surface area contributed by atoms with Crippen molar-refractivity contribution < 1.29 is 0 Å². The van der Waals surface area contributed by atoms with Crippen molar-refractivity contribution >= 4 is 34.6 Å². The molecule has 12 heavy (non-hydrogen) atoms. The lowest BCUT2D eigenvalue weighted by Gasteiger charge is -2.20. The minimum atomic E-state index is 0.671. The van der Waals surface area contributed by atoms with Crippen molar-refractivity contribution in [1.29, 1.82) is 0 Å². The van der Waals surface area contributed by atoms with E-state index in [9.17, 15) is 0 Å². The molecule has 0 aromatic heterocycles. The van der Waals surface area contributed by atoms with Crippen LogP contribution in [0.5, 0.6) is 0 Å². The highest BCUT2D eigenvalue weighted by Gasteiger charge is 2.10. The third kappa shape index (κ3) is 1.38. The molecule has 0 amide bonds. The van der Waals surface area contributed by atoms with Gasteiger partial charge in [0.2, 0.25) is 0 Å². The van der Waals surface area contributed by atoms with E-state index in [1.54, 1.807) is 0 Å². The maximum atomic E-state index is 5.82. The Balaban J connectivity index is 2.43. The molecule has 0 atom stereocenters. The maximum Gasteiger partial charge on any atom is 0.171 e. The number of thiocarbonyl (C=S) groups is 1. The molecule has 0 unspecified atom stereocenters. The minimum Gasteiger partial charge on any atom is -0.358 e. The van der Waals surface area contributed by atoms with Crippen LogP contribution >= 0.6 is 23.8 Å². The van der Waals surface area contributed by atoms with Gasteiger partial charge in [-0.25, -0.2) is 0 Å². The van der Waals surface area contributed by atoms with Crippen LogP contribution in [0.4, 0.5) is 5.69 Å². The summed E-state index contributed by atoms with van der Waals surface area (Å²) in [7, 11) is 0. The van der Waals surface area contributed by atoms with Crippen LogP contribution in [-0.2, 0) is 6.54 Å². The predicted octanol–water partition coefficient (Wildman–Crippen LogP) is 2.14. The highest BCUT2D eigenvalue weighted by Crippen LogP contribution is 2.22. The van der Waals surface area contributed by atoms with Gasteiger partial charge in [-0.3, -0.25) is 0 Å². The van der Waals surface area contributed by atoms with Crippen LogP contribution in [0, 0.1) is 0 Å². The first-order valence-corrected chi connectivity index (χ1v) is 4.37. The van der Waals surface area contributed by atoms with Gasteiger partial charge in [0.05, 0.1) is 0 Å². The summed E-state index contributed by atoms with van der Waals surface area (Å²) in [5.74, 6) is 0. The van der Waals surface area contributed by atoms with E-state index in [1.165, 1.54) is 0 Å². The fourth-order valence-electron chi connectivity index (χ4n) is 1.17. The van der Waals surface area contributed by atoms with Gasteiger partial charge in [-0.15, -0.1) is 0 Å². The number of anilines is 1. The molecule has 0 saturated heterocycles. The second-order valence-corrected chi connectivity index (χ2v) is 3.45. The Morgan fingerprint density at radius 1 is 1.42 bits per heavy atom. The molecule has 0 aliphatic carbocycles. The number of fused-ring (bicyclic) bond motifs is 1. The molecular weight excluding hydrogens is 192 g/mol. The molecule has 4 heteroatoms. The van der Waals surface area contributed by atoms with Gasteiger partial charge in [-0.1, -0.05) is 11.6 Å². The molecule has 0 saturated carbocycles. The van der Waals surface area contributed by atoms with E-state index < -0.39 is 0 Å². The van der Waals surface area contributed by atoms with Gasteiger partial charge in [-0.05, 0) is 36.0 Å². The zero-order chi connectivity index (χ0) is 8.55. The molecule has 1 aromatic carbocycles. The van der Waals surface area contributed by atoms with Crippen LogP contribution in [0.25, 0.3) is 0 Å². The summed E-state index contributed by atoms with van der Waals surface area (Å²) in [4.78, 5) is 0. The molecule has 0 spiro atoms. The van der Waals surface area contributed by atoms with Gasteiger partial charge in [0.15, 0.2) is 5.11 Å². The fraction of sp³-hybridized carbons (Fsp3) is 0.125. The monoisotopic (exact) mass is 198 g/mol. The van der Waals surface area contributed by atoms with Gasteiger partial charge < -0.3 is 10.6 Å². The minimum absolute atomic E-state index is 0.671. The van der Waals surface area contributed by atoms with Crippen molar-refractivity contribution in [3.05, 3.63) is 28.8 Å². The Hall–Kier alpha value is -0.800. The molecule has 1 aromatic rings. The second-order valence-electron chi connectivity index (χ2n) is 2.61. The third-order valence-electron chi connectivity index (χ3n) is 1.75. The molecule has 1 heterocycles. The van der Waals surface area contributed by atoms with Crippen molar-refractivity contribution in [2.45, 2.75) is 6.54 Å². The normalized spacial score (nSPS) is 14.6. The van der Waals surface area contributed by atoms with E-state index in [1.807, 2.05) is 18.2 Å². The van der Waals surface area contributed by atoms with Crippen LogP contribution in [0.2, 0.25) is 5.02 Å². The Bertz CT molecular complexity index is 338. The van der Waals surface area contributed by atoms with E-state index in [0.29, 0.717) is 5.11 Å². The smallest absolute Gasteiger partial charge is 0.171 e. The second kappa shape index (κ2) is 2.92. The molecule has 62 valence electrons. The molecule has 2 rings (SSSR count). The van der Waals surface area contributed by atoms with Crippen molar-refractivity contribution in [1.82, 2.24) is 5.32 Å². The average Bonchev–Trinajstić information content (AvgIpc) is 2.05. The standard InChI is InChI=1S/C8H7ClN2S/c9-6-1-2-7-5(3-6)4-10-8(12)11-7/h1-3H,4H2,(H2,10,11,12). The summed E-state index contributed by atoms with van der Waals surface area (Å²) in [6.07, 6.45) is 0. The molecule has 1 aliphatic heterocycles. The predicted molar refractivity (Wildman–Crippen MR) is 54.5 cm³/mol. The largest absolute Gasteiger partial charge is 0.358 e. The molecule has 1 aliphatic rings. The van der Waals surface area contributed by atoms with Crippen molar-refractivity contribution in [3.63, 3.8) is 0 Å².